The lowest BCUT2D eigenvalue weighted by atomic mass is 9.76. The lowest BCUT2D eigenvalue weighted by Crippen LogP contribution is -2.36. The molecular weight excluding hydrogens is 156 g/mol. The van der Waals surface area contributed by atoms with Crippen molar-refractivity contribution in [3.05, 3.63) is 0 Å². The number of rotatable bonds is 2. The van der Waals surface area contributed by atoms with Gasteiger partial charge in [0.2, 0.25) is 0 Å². The van der Waals surface area contributed by atoms with Gasteiger partial charge in [-0.05, 0) is 6.92 Å². The Kier molecular flexibility index (Phi) is 2.22. The van der Waals surface area contributed by atoms with E-state index >= 15 is 0 Å². The van der Waals surface area contributed by atoms with E-state index in [4.69, 9.17) is 4.74 Å². The fraction of sp³-hybridized carbons (Fsp3) is 0.778. The van der Waals surface area contributed by atoms with Crippen LogP contribution in [0.4, 0.5) is 0 Å². The molecule has 3 heteroatoms. The van der Waals surface area contributed by atoms with E-state index < -0.39 is 5.41 Å². The van der Waals surface area contributed by atoms with Crippen molar-refractivity contribution in [3.8, 4) is 0 Å². The molecule has 2 atom stereocenters. The second-order valence-electron chi connectivity index (χ2n) is 3.48. The van der Waals surface area contributed by atoms with Crippen LogP contribution in [0.1, 0.15) is 27.2 Å². The maximum Gasteiger partial charge on any atom is 0.319 e. The number of cyclic esters (lactones) is 1. The van der Waals surface area contributed by atoms with Gasteiger partial charge < -0.3 is 4.74 Å². The van der Waals surface area contributed by atoms with Crippen molar-refractivity contribution in [1.29, 1.82) is 0 Å². The van der Waals surface area contributed by atoms with Gasteiger partial charge in [0.05, 0.1) is 6.61 Å². The molecule has 0 aliphatic carbocycles. The third-order valence-electron chi connectivity index (χ3n) is 2.77. The van der Waals surface area contributed by atoms with Crippen molar-refractivity contribution >= 4 is 11.8 Å². The van der Waals surface area contributed by atoms with Crippen molar-refractivity contribution in [1.82, 2.24) is 0 Å². The van der Waals surface area contributed by atoms with Gasteiger partial charge in [0, 0.05) is 12.3 Å². The van der Waals surface area contributed by atoms with Gasteiger partial charge >= 0.3 is 5.97 Å². The standard InChI is InChI=1S/C9H14O3/c1-4-7(10)9(3)6(2)5-12-8(9)11/h6H,4-5H2,1-3H3/t6-,9-/m1/s1. The van der Waals surface area contributed by atoms with E-state index in [0.717, 1.165) is 0 Å². The third-order valence-corrected chi connectivity index (χ3v) is 2.77. The summed E-state index contributed by atoms with van der Waals surface area (Å²) < 4.78 is 4.84. The fourth-order valence-corrected chi connectivity index (χ4v) is 1.47. The number of carbonyl (C=O) groups is 2. The van der Waals surface area contributed by atoms with Crippen LogP contribution >= 0.6 is 0 Å². The molecule has 0 aromatic rings. The van der Waals surface area contributed by atoms with Crippen LogP contribution < -0.4 is 0 Å². The first-order valence-corrected chi connectivity index (χ1v) is 4.24. The van der Waals surface area contributed by atoms with E-state index in [1.807, 2.05) is 6.92 Å². The van der Waals surface area contributed by atoms with Gasteiger partial charge in [0.15, 0.2) is 0 Å². The average Bonchev–Trinajstić information content (AvgIpc) is 2.32. The molecular formula is C9H14O3. The Labute approximate surface area is 72.1 Å². The van der Waals surface area contributed by atoms with Crippen LogP contribution in [-0.2, 0) is 14.3 Å². The van der Waals surface area contributed by atoms with Crippen molar-refractivity contribution in [2.75, 3.05) is 6.61 Å². The Bertz CT molecular complexity index is 222. The van der Waals surface area contributed by atoms with Gasteiger partial charge in [-0.15, -0.1) is 0 Å². The molecule has 1 heterocycles. The Hall–Kier alpha value is -0.860. The number of hydrogen-bond acceptors (Lipinski definition) is 3. The van der Waals surface area contributed by atoms with Crippen LogP contribution in [-0.4, -0.2) is 18.4 Å². The van der Waals surface area contributed by atoms with Crippen LogP contribution in [0, 0.1) is 11.3 Å². The van der Waals surface area contributed by atoms with E-state index in [2.05, 4.69) is 0 Å². The van der Waals surface area contributed by atoms with Crippen LogP contribution in [0.5, 0.6) is 0 Å². The molecule has 0 unspecified atom stereocenters. The van der Waals surface area contributed by atoms with Gasteiger partial charge in [-0.1, -0.05) is 13.8 Å². The van der Waals surface area contributed by atoms with Gasteiger partial charge in [-0.3, -0.25) is 9.59 Å². The molecule has 0 bridgehead atoms. The minimum atomic E-state index is -0.880. The molecule has 68 valence electrons. The largest absolute Gasteiger partial charge is 0.465 e. The molecule has 1 fully saturated rings. The normalized spacial score (nSPS) is 34.9. The minimum Gasteiger partial charge on any atom is -0.465 e. The molecule has 1 aliphatic heterocycles. The number of hydrogen-bond donors (Lipinski definition) is 0. The summed E-state index contributed by atoms with van der Waals surface area (Å²) in [5.41, 5.74) is -0.880. The first-order valence-electron chi connectivity index (χ1n) is 4.24. The summed E-state index contributed by atoms with van der Waals surface area (Å²) in [6.45, 7) is 5.70. The number of Topliss-reactive ketones (excluding diaryl/α,β-unsaturated/α-hetero) is 1. The highest BCUT2D eigenvalue weighted by molar-refractivity contribution is 6.04. The van der Waals surface area contributed by atoms with Gasteiger partial charge in [0.1, 0.15) is 11.2 Å². The summed E-state index contributed by atoms with van der Waals surface area (Å²) in [4.78, 5) is 22.7. The molecule has 3 nitrogen and oxygen atoms in total. The zero-order chi connectivity index (χ0) is 9.35. The zero-order valence-corrected chi connectivity index (χ0v) is 7.72. The zero-order valence-electron chi connectivity index (χ0n) is 7.72. The van der Waals surface area contributed by atoms with Crippen LogP contribution in [0.3, 0.4) is 0 Å². The molecule has 0 saturated carbocycles. The Balaban J connectivity index is 2.94. The minimum absolute atomic E-state index is 0.0115. The quantitative estimate of drug-likeness (QED) is 0.461. The van der Waals surface area contributed by atoms with Crippen molar-refractivity contribution < 1.29 is 14.3 Å². The molecule has 1 rings (SSSR count). The van der Waals surface area contributed by atoms with Crippen LogP contribution in [0.2, 0.25) is 0 Å². The summed E-state index contributed by atoms with van der Waals surface area (Å²) in [5.74, 6) is -0.364. The summed E-state index contributed by atoms with van der Waals surface area (Å²) in [6, 6.07) is 0. The van der Waals surface area contributed by atoms with Gasteiger partial charge in [0.25, 0.3) is 0 Å². The Morgan fingerprint density at radius 1 is 1.75 bits per heavy atom. The predicted molar refractivity (Wildman–Crippen MR) is 43.5 cm³/mol. The highest BCUT2D eigenvalue weighted by Crippen LogP contribution is 2.36. The molecule has 1 aliphatic rings. The summed E-state index contributed by atoms with van der Waals surface area (Å²) in [5, 5.41) is 0. The molecule has 0 aromatic heterocycles. The molecule has 0 radical (unpaired) electrons. The number of ketones is 1. The smallest absolute Gasteiger partial charge is 0.319 e. The molecule has 0 N–H and O–H groups in total. The molecule has 0 aromatic carbocycles. The first-order chi connectivity index (χ1) is 5.53. The highest BCUT2D eigenvalue weighted by atomic mass is 16.5. The van der Waals surface area contributed by atoms with E-state index in [1.54, 1.807) is 13.8 Å². The number of ether oxygens (including phenoxy) is 1. The topological polar surface area (TPSA) is 43.4 Å². The molecule has 1 saturated heterocycles. The Morgan fingerprint density at radius 2 is 2.33 bits per heavy atom. The number of esters is 1. The summed E-state index contributed by atoms with van der Waals surface area (Å²) in [7, 11) is 0. The van der Waals surface area contributed by atoms with Crippen molar-refractivity contribution in [2.45, 2.75) is 27.2 Å². The Morgan fingerprint density at radius 3 is 2.67 bits per heavy atom. The third kappa shape index (κ3) is 1.04. The monoisotopic (exact) mass is 170 g/mol. The van der Waals surface area contributed by atoms with Crippen molar-refractivity contribution in [3.63, 3.8) is 0 Å². The predicted octanol–water partition coefficient (Wildman–Crippen LogP) is 1.16. The lowest BCUT2D eigenvalue weighted by Gasteiger charge is -2.20. The van der Waals surface area contributed by atoms with E-state index in [0.29, 0.717) is 13.0 Å². The van der Waals surface area contributed by atoms with E-state index in [-0.39, 0.29) is 17.7 Å². The second kappa shape index (κ2) is 2.88. The second-order valence-corrected chi connectivity index (χ2v) is 3.48. The van der Waals surface area contributed by atoms with Crippen LogP contribution in [0.15, 0.2) is 0 Å². The molecule has 0 spiro atoms. The maximum absolute atomic E-state index is 11.5. The average molecular weight is 170 g/mol. The summed E-state index contributed by atoms with van der Waals surface area (Å²) in [6.07, 6.45) is 0.399. The van der Waals surface area contributed by atoms with E-state index in [1.165, 1.54) is 0 Å². The molecule has 0 amide bonds. The van der Waals surface area contributed by atoms with Crippen LogP contribution in [0.25, 0.3) is 0 Å². The van der Waals surface area contributed by atoms with Crippen molar-refractivity contribution in [2.24, 2.45) is 11.3 Å². The first kappa shape index (κ1) is 9.23. The highest BCUT2D eigenvalue weighted by Gasteiger charge is 2.50. The summed E-state index contributed by atoms with van der Waals surface area (Å²) >= 11 is 0. The van der Waals surface area contributed by atoms with E-state index in [9.17, 15) is 9.59 Å². The number of carbonyl (C=O) groups excluding carboxylic acids is 2. The fourth-order valence-electron chi connectivity index (χ4n) is 1.47. The van der Waals surface area contributed by atoms with Gasteiger partial charge in [-0.25, -0.2) is 0 Å². The lowest BCUT2D eigenvalue weighted by molar-refractivity contribution is -0.150. The maximum atomic E-state index is 11.5. The molecule has 12 heavy (non-hydrogen) atoms. The van der Waals surface area contributed by atoms with Gasteiger partial charge in [-0.2, -0.15) is 0 Å². The SMILES string of the molecule is CCC(=O)[C@]1(C)C(=O)OC[C@H]1C.